The van der Waals surface area contributed by atoms with E-state index in [2.05, 4.69) is 5.16 Å². The van der Waals surface area contributed by atoms with Crippen LogP contribution in [0.5, 0.6) is 0 Å². The Morgan fingerprint density at radius 1 is 1.29 bits per heavy atom. The summed E-state index contributed by atoms with van der Waals surface area (Å²) in [6.45, 7) is 4.44. The fourth-order valence-corrected chi connectivity index (χ4v) is 2.00. The van der Waals surface area contributed by atoms with Crippen LogP contribution in [0, 0.1) is 5.92 Å². The van der Waals surface area contributed by atoms with Crippen molar-refractivity contribution in [2.45, 2.75) is 45.8 Å². The molecule has 1 fully saturated rings. The van der Waals surface area contributed by atoms with Gasteiger partial charge >= 0.3 is 11.9 Å². The Hall–Kier alpha value is -1.59. The first kappa shape index (κ1) is 13.5. The molecule has 3 atom stereocenters. The monoisotopic (exact) mass is 243 g/mol. The third-order valence-electron chi connectivity index (χ3n) is 2.79. The molecule has 0 spiro atoms. The third kappa shape index (κ3) is 3.72. The Bertz CT molecular complexity index is 339. The van der Waals surface area contributed by atoms with E-state index in [0.717, 1.165) is 0 Å². The quantitative estimate of drug-likeness (QED) is 0.446. The van der Waals surface area contributed by atoms with Crippen LogP contribution in [0.1, 0.15) is 33.6 Å². The summed E-state index contributed by atoms with van der Waals surface area (Å²) in [5.74, 6) is -0.971. The topological polar surface area (TPSA) is 85.2 Å². The molecule has 1 saturated carbocycles. The lowest BCUT2D eigenvalue weighted by Crippen LogP contribution is -2.41. The molecular formula is C11H17NO5. The average Bonchev–Trinajstić information content (AvgIpc) is 2.21. The maximum absolute atomic E-state index is 10.9. The molecule has 1 N–H and O–H groups in total. The van der Waals surface area contributed by atoms with Crippen LogP contribution in [-0.2, 0) is 19.1 Å². The van der Waals surface area contributed by atoms with Gasteiger partial charge in [0.05, 0.1) is 5.71 Å². The van der Waals surface area contributed by atoms with Crippen molar-refractivity contribution in [3.8, 4) is 0 Å². The van der Waals surface area contributed by atoms with Crippen molar-refractivity contribution in [1.29, 1.82) is 0 Å². The van der Waals surface area contributed by atoms with E-state index in [-0.39, 0.29) is 5.92 Å². The largest absolute Gasteiger partial charge is 0.462 e. The number of carbonyl (C=O) groups is 2. The number of nitrogens with zero attached hydrogens (tertiary/aromatic N) is 1. The molecule has 0 saturated heterocycles. The van der Waals surface area contributed by atoms with Gasteiger partial charge in [-0.25, -0.2) is 0 Å². The zero-order chi connectivity index (χ0) is 13.0. The van der Waals surface area contributed by atoms with Crippen LogP contribution < -0.4 is 0 Å². The molecule has 1 unspecified atom stereocenters. The zero-order valence-corrected chi connectivity index (χ0v) is 10.2. The summed E-state index contributed by atoms with van der Waals surface area (Å²) in [5, 5.41) is 12.0. The molecule has 0 bridgehead atoms. The summed E-state index contributed by atoms with van der Waals surface area (Å²) in [5.41, 5.74) is 0.480. The second-order valence-corrected chi connectivity index (χ2v) is 4.20. The number of hydrogen-bond acceptors (Lipinski definition) is 6. The molecule has 0 aromatic heterocycles. The highest BCUT2D eigenvalue weighted by molar-refractivity contribution is 5.88. The number of hydrogen-bond donors (Lipinski definition) is 1. The highest BCUT2D eigenvalue weighted by atomic mass is 16.6. The molecule has 1 aliphatic carbocycles. The lowest BCUT2D eigenvalue weighted by Gasteiger charge is -2.33. The molecule has 1 rings (SSSR count). The van der Waals surface area contributed by atoms with Gasteiger partial charge in [0.15, 0.2) is 0 Å². The molecule has 6 heteroatoms. The number of rotatable bonds is 2. The van der Waals surface area contributed by atoms with Crippen LogP contribution in [0.4, 0.5) is 0 Å². The van der Waals surface area contributed by atoms with E-state index in [1.807, 2.05) is 6.92 Å². The Morgan fingerprint density at radius 3 is 2.35 bits per heavy atom. The third-order valence-corrected chi connectivity index (χ3v) is 2.79. The van der Waals surface area contributed by atoms with Gasteiger partial charge in [-0.3, -0.25) is 9.59 Å². The van der Waals surface area contributed by atoms with Gasteiger partial charge in [0.1, 0.15) is 12.2 Å². The predicted octanol–water partition coefficient (Wildman–Crippen LogP) is 1.11. The lowest BCUT2D eigenvalue weighted by molar-refractivity contribution is -0.155. The Balaban J connectivity index is 2.75. The Morgan fingerprint density at radius 2 is 1.88 bits per heavy atom. The minimum Gasteiger partial charge on any atom is -0.462 e. The van der Waals surface area contributed by atoms with E-state index in [4.69, 9.17) is 14.7 Å². The minimum absolute atomic E-state index is 0.171. The lowest BCUT2D eigenvalue weighted by atomic mass is 9.84. The van der Waals surface area contributed by atoms with Crippen LogP contribution >= 0.6 is 0 Å². The summed E-state index contributed by atoms with van der Waals surface area (Å²) in [6, 6.07) is 0. The number of carbonyl (C=O) groups excluding carboxylic acids is 2. The second-order valence-electron chi connectivity index (χ2n) is 4.20. The Labute approximate surface area is 99.6 Å². The standard InChI is InChI=1S/C11H17NO5/c1-6-10(12-15)4-9(16-7(2)13)5-11(6)17-8(3)14/h6,9,11,15H,4-5H2,1-3H3/b12-10-/t6?,9-,11-/m0/s1. The highest BCUT2D eigenvalue weighted by Gasteiger charge is 2.36. The highest BCUT2D eigenvalue weighted by Crippen LogP contribution is 2.27. The molecule has 96 valence electrons. The van der Waals surface area contributed by atoms with Crippen molar-refractivity contribution in [2.75, 3.05) is 0 Å². The summed E-state index contributed by atoms with van der Waals surface area (Å²) < 4.78 is 10.2. The summed E-state index contributed by atoms with van der Waals surface area (Å²) in [7, 11) is 0. The molecular weight excluding hydrogens is 226 g/mol. The number of ether oxygens (including phenoxy) is 2. The fraction of sp³-hybridized carbons (Fsp3) is 0.727. The van der Waals surface area contributed by atoms with Crippen molar-refractivity contribution in [3.63, 3.8) is 0 Å². The van der Waals surface area contributed by atoms with E-state index in [1.165, 1.54) is 13.8 Å². The van der Waals surface area contributed by atoms with Crippen molar-refractivity contribution < 1.29 is 24.3 Å². The van der Waals surface area contributed by atoms with Gasteiger partial charge in [0.25, 0.3) is 0 Å². The molecule has 0 amide bonds. The predicted molar refractivity (Wildman–Crippen MR) is 58.7 cm³/mol. The zero-order valence-electron chi connectivity index (χ0n) is 10.2. The molecule has 0 radical (unpaired) electrons. The molecule has 17 heavy (non-hydrogen) atoms. The molecule has 0 aromatic carbocycles. The minimum atomic E-state index is -0.420. The van der Waals surface area contributed by atoms with Crippen LogP contribution in [0.25, 0.3) is 0 Å². The van der Waals surface area contributed by atoms with Gasteiger partial charge < -0.3 is 14.7 Å². The van der Waals surface area contributed by atoms with E-state index in [9.17, 15) is 9.59 Å². The van der Waals surface area contributed by atoms with Crippen molar-refractivity contribution >= 4 is 17.7 Å². The maximum Gasteiger partial charge on any atom is 0.302 e. The normalized spacial score (nSPS) is 31.0. The van der Waals surface area contributed by atoms with E-state index in [1.54, 1.807) is 0 Å². The fourth-order valence-electron chi connectivity index (χ4n) is 2.00. The van der Waals surface area contributed by atoms with Crippen LogP contribution in [0.3, 0.4) is 0 Å². The molecule has 0 heterocycles. The van der Waals surface area contributed by atoms with Gasteiger partial charge in [0.2, 0.25) is 0 Å². The van der Waals surface area contributed by atoms with E-state index in [0.29, 0.717) is 18.6 Å². The summed E-state index contributed by atoms with van der Waals surface area (Å²) >= 11 is 0. The van der Waals surface area contributed by atoms with E-state index >= 15 is 0 Å². The Kier molecular flexibility index (Phi) is 4.48. The van der Waals surface area contributed by atoms with Crippen molar-refractivity contribution in [3.05, 3.63) is 0 Å². The second kappa shape index (κ2) is 5.65. The van der Waals surface area contributed by atoms with Gasteiger partial charge in [-0.05, 0) is 0 Å². The van der Waals surface area contributed by atoms with Crippen molar-refractivity contribution in [2.24, 2.45) is 11.1 Å². The average molecular weight is 243 g/mol. The molecule has 0 aliphatic heterocycles. The molecule has 1 aliphatic rings. The number of oxime groups is 1. The van der Waals surface area contributed by atoms with Crippen LogP contribution in [-0.4, -0.2) is 35.1 Å². The maximum atomic E-state index is 10.9. The SMILES string of the molecule is CC(=O)O[C@H]1C/C(=N/O)C(C)[C@@H](OC(C)=O)C1. The number of esters is 2. The smallest absolute Gasteiger partial charge is 0.302 e. The van der Waals surface area contributed by atoms with Crippen LogP contribution in [0.2, 0.25) is 0 Å². The molecule has 0 aromatic rings. The van der Waals surface area contributed by atoms with Gasteiger partial charge in [-0.1, -0.05) is 12.1 Å². The first-order chi connectivity index (χ1) is 7.93. The van der Waals surface area contributed by atoms with E-state index < -0.39 is 24.1 Å². The molecule has 6 nitrogen and oxygen atoms in total. The summed E-state index contributed by atoms with van der Waals surface area (Å²) in [6.07, 6.45) is -0.0237. The first-order valence-electron chi connectivity index (χ1n) is 5.49. The summed E-state index contributed by atoms with van der Waals surface area (Å²) in [4.78, 5) is 21.8. The van der Waals surface area contributed by atoms with Crippen molar-refractivity contribution in [1.82, 2.24) is 0 Å². The van der Waals surface area contributed by atoms with Crippen LogP contribution in [0.15, 0.2) is 5.16 Å². The van der Waals surface area contributed by atoms with Gasteiger partial charge in [-0.2, -0.15) is 0 Å². The van der Waals surface area contributed by atoms with Gasteiger partial charge in [-0.15, -0.1) is 0 Å². The first-order valence-corrected chi connectivity index (χ1v) is 5.49. The van der Waals surface area contributed by atoms with Gasteiger partial charge in [0, 0.05) is 32.6 Å².